The summed E-state index contributed by atoms with van der Waals surface area (Å²) in [5.41, 5.74) is 1.49. The molecule has 11 heteroatoms. The third-order valence-corrected chi connectivity index (χ3v) is 5.36. The molecule has 0 unspecified atom stereocenters. The SMILES string of the molecule is COCCNc1nc(Nc2ccc3c(c2)[C@H]2CC[C@@H]3N2C(=O)O)ncc1C(F)(F)F. The number of anilines is 3. The number of ether oxygens (including phenoxy) is 1. The second-order valence-corrected chi connectivity index (χ2v) is 7.14. The fourth-order valence-corrected chi connectivity index (χ4v) is 4.12. The van der Waals surface area contributed by atoms with Gasteiger partial charge in [-0.15, -0.1) is 0 Å². The summed E-state index contributed by atoms with van der Waals surface area (Å²) in [5, 5.41) is 15.0. The summed E-state index contributed by atoms with van der Waals surface area (Å²) in [4.78, 5) is 20.8. The molecule has 1 aromatic carbocycles. The second kappa shape index (κ2) is 7.63. The van der Waals surface area contributed by atoms with Crippen LogP contribution in [0.3, 0.4) is 0 Å². The molecule has 160 valence electrons. The first-order chi connectivity index (χ1) is 14.3. The Hall–Kier alpha value is -3.08. The largest absolute Gasteiger partial charge is 0.465 e. The van der Waals surface area contributed by atoms with Gasteiger partial charge in [-0.05, 0) is 36.1 Å². The molecule has 1 aromatic heterocycles. The van der Waals surface area contributed by atoms with Gasteiger partial charge in [0.2, 0.25) is 5.95 Å². The van der Waals surface area contributed by atoms with Crippen molar-refractivity contribution in [3.05, 3.63) is 41.1 Å². The topological polar surface area (TPSA) is 99.6 Å². The molecule has 8 nitrogen and oxygen atoms in total. The Kier molecular flexibility index (Phi) is 5.14. The van der Waals surface area contributed by atoms with E-state index in [0.717, 1.165) is 30.2 Å². The van der Waals surface area contributed by atoms with Crippen LogP contribution in [0.2, 0.25) is 0 Å². The number of benzene rings is 1. The Morgan fingerprint density at radius 1 is 1.30 bits per heavy atom. The third-order valence-electron chi connectivity index (χ3n) is 5.36. The summed E-state index contributed by atoms with van der Waals surface area (Å²) in [6, 6.07) is 5.06. The van der Waals surface area contributed by atoms with E-state index in [0.29, 0.717) is 5.69 Å². The molecule has 2 atom stereocenters. The van der Waals surface area contributed by atoms with Crippen LogP contribution in [0.25, 0.3) is 0 Å². The number of hydrogen-bond donors (Lipinski definition) is 3. The van der Waals surface area contributed by atoms with E-state index < -0.39 is 17.8 Å². The number of methoxy groups -OCH3 is 1. The van der Waals surface area contributed by atoms with E-state index in [9.17, 15) is 23.1 Å². The standard InChI is InChI=1S/C19H20F3N5O3/c1-30-7-6-23-16-13(19(20,21)22)9-24-17(26-16)25-10-2-3-11-12(8-10)15-5-4-14(11)27(15)18(28)29/h2-3,8-9,14-15H,4-7H2,1H3,(H,28,29)(H2,23,24,25,26)/t14-,15+/m0/s1. The summed E-state index contributed by atoms with van der Waals surface area (Å²) in [6.07, 6.45) is -3.29. The van der Waals surface area contributed by atoms with E-state index in [-0.39, 0.29) is 37.0 Å². The maximum atomic E-state index is 13.2. The van der Waals surface area contributed by atoms with E-state index in [1.165, 1.54) is 12.0 Å². The van der Waals surface area contributed by atoms with E-state index in [1.807, 2.05) is 12.1 Å². The Labute approximate surface area is 170 Å². The fourth-order valence-electron chi connectivity index (χ4n) is 4.12. The summed E-state index contributed by atoms with van der Waals surface area (Å²) < 4.78 is 44.5. The number of carbonyl (C=O) groups is 1. The quantitative estimate of drug-likeness (QED) is 0.600. The first-order valence-corrected chi connectivity index (χ1v) is 9.38. The van der Waals surface area contributed by atoms with Crippen LogP contribution >= 0.6 is 0 Å². The van der Waals surface area contributed by atoms with Crippen molar-refractivity contribution in [2.75, 3.05) is 30.9 Å². The number of halogens is 3. The van der Waals surface area contributed by atoms with Crippen molar-refractivity contribution in [3.8, 4) is 0 Å². The molecular formula is C19H20F3N5O3. The van der Waals surface area contributed by atoms with Crippen LogP contribution in [0, 0.1) is 0 Å². The minimum absolute atomic E-state index is 0.00103. The molecule has 2 aromatic rings. The highest BCUT2D eigenvalue weighted by Gasteiger charge is 2.46. The minimum Gasteiger partial charge on any atom is -0.465 e. The molecule has 3 N–H and O–H groups in total. The van der Waals surface area contributed by atoms with E-state index in [2.05, 4.69) is 20.6 Å². The molecule has 4 rings (SSSR count). The van der Waals surface area contributed by atoms with Gasteiger partial charge in [-0.2, -0.15) is 18.2 Å². The number of fused-ring (bicyclic) bond motifs is 5. The zero-order valence-corrected chi connectivity index (χ0v) is 16.0. The average Bonchev–Trinajstić information content (AvgIpc) is 3.25. The van der Waals surface area contributed by atoms with Gasteiger partial charge in [0.15, 0.2) is 0 Å². The maximum absolute atomic E-state index is 13.2. The van der Waals surface area contributed by atoms with Crippen molar-refractivity contribution in [3.63, 3.8) is 0 Å². The molecule has 2 aliphatic rings. The highest BCUT2D eigenvalue weighted by molar-refractivity contribution is 5.70. The predicted octanol–water partition coefficient (Wildman–Crippen LogP) is 4.17. The van der Waals surface area contributed by atoms with Crippen LogP contribution in [0.4, 0.5) is 35.4 Å². The Morgan fingerprint density at radius 2 is 2.03 bits per heavy atom. The molecule has 0 aliphatic carbocycles. The number of nitrogens with one attached hydrogen (secondary N) is 2. The first kappa shape index (κ1) is 20.2. The van der Waals surface area contributed by atoms with Gasteiger partial charge in [-0.25, -0.2) is 9.78 Å². The predicted molar refractivity (Wildman–Crippen MR) is 102 cm³/mol. The lowest BCUT2D eigenvalue weighted by atomic mass is 9.91. The van der Waals surface area contributed by atoms with Crippen LogP contribution < -0.4 is 10.6 Å². The zero-order valence-electron chi connectivity index (χ0n) is 16.0. The summed E-state index contributed by atoms with van der Waals surface area (Å²) >= 11 is 0. The number of amides is 1. The van der Waals surface area contributed by atoms with E-state index in [1.54, 1.807) is 6.07 Å². The molecule has 2 bridgehead atoms. The van der Waals surface area contributed by atoms with Crippen molar-refractivity contribution in [2.45, 2.75) is 31.1 Å². The van der Waals surface area contributed by atoms with Gasteiger partial charge in [0.05, 0.1) is 18.7 Å². The summed E-state index contributed by atoms with van der Waals surface area (Å²) in [6.45, 7) is 0.375. The van der Waals surface area contributed by atoms with Crippen LogP contribution in [-0.4, -0.2) is 46.3 Å². The molecule has 2 aliphatic heterocycles. The monoisotopic (exact) mass is 423 g/mol. The van der Waals surface area contributed by atoms with Crippen molar-refractivity contribution in [1.82, 2.24) is 14.9 Å². The zero-order chi connectivity index (χ0) is 21.5. The number of alkyl halides is 3. The van der Waals surface area contributed by atoms with Crippen LogP contribution in [0.15, 0.2) is 24.4 Å². The Morgan fingerprint density at radius 3 is 2.70 bits per heavy atom. The first-order valence-electron chi connectivity index (χ1n) is 9.38. The maximum Gasteiger partial charge on any atom is 0.421 e. The van der Waals surface area contributed by atoms with Gasteiger partial charge < -0.3 is 20.5 Å². The lowest BCUT2D eigenvalue weighted by Gasteiger charge is -2.17. The number of carboxylic acid groups (broad SMARTS) is 1. The van der Waals surface area contributed by atoms with E-state index in [4.69, 9.17) is 4.74 Å². The van der Waals surface area contributed by atoms with Gasteiger partial charge in [-0.1, -0.05) is 6.07 Å². The van der Waals surface area contributed by atoms with Gasteiger partial charge in [0, 0.05) is 25.5 Å². The summed E-state index contributed by atoms with van der Waals surface area (Å²) in [7, 11) is 1.45. The van der Waals surface area contributed by atoms with Crippen LogP contribution in [0.1, 0.15) is 41.6 Å². The fraction of sp³-hybridized carbons (Fsp3) is 0.421. The molecule has 1 amide bonds. The smallest absolute Gasteiger partial charge is 0.421 e. The Bertz CT molecular complexity index is 969. The molecule has 0 radical (unpaired) electrons. The highest BCUT2D eigenvalue weighted by atomic mass is 19.4. The second-order valence-electron chi connectivity index (χ2n) is 7.14. The molecular weight excluding hydrogens is 403 g/mol. The molecule has 1 saturated heterocycles. The molecule has 0 saturated carbocycles. The lowest BCUT2D eigenvalue weighted by molar-refractivity contribution is -0.137. The molecule has 30 heavy (non-hydrogen) atoms. The van der Waals surface area contributed by atoms with Crippen molar-refractivity contribution in [1.29, 1.82) is 0 Å². The lowest BCUT2D eigenvalue weighted by Crippen LogP contribution is -2.25. The molecule has 0 spiro atoms. The van der Waals surface area contributed by atoms with Gasteiger partial charge in [0.1, 0.15) is 11.4 Å². The van der Waals surface area contributed by atoms with Crippen molar-refractivity contribution in [2.24, 2.45) is 0 Å². The third kappa shape index (κ3) is 3.60. The Balaban J connectivity index is 1.58. The van der Waals surface area contributed by atoms with Crippen LogP contribution in [0.5, 0.6) is 0 Å². The van der Waals surface area contributed by atoms with Crippen molar-refractivity contribution < 1.29 is 27.8 Å². The van der Waals surface area contributed by atoms with Gasteiger partial charge in [-0.3, -0.25) is 4.90 Å². The number of nitrogens with zero attached hydrogens (tertiary/aromatic N) is 3. The van der Waals surface area contributed by atoms with Gasteiger partial charge in [0.25, 0.3) is 0 Å². The van der Waals surface area contributed by atoms with E-state index >= 15 is 0 Å². The average molecular weight is 423 g/mol. The number of rotatable bonds is 6. The van der Waals surface area contributed by atoms with Crippen LogP contribution in [-0.2, 0) is 10.9 Å². The van der Waals surface area contributed by atoms with Crippen molar-refractivity contribution >= 4 is 23.5 Å². The highest BCUT2D eigenvalue weighted by Crippen LogP contribution is 2.53. The molecule has 3 heterocycles. The summed E-state index contributed by atoms with van der Waals surface area (Å²) in [5.74, 6) is -0.338. The van der Waals surface area contributed by atoms with Gasteiger partial charge >= 0.3 is 12.3 Å². The molecule has 1 fully saturated rings. The normalized spacial score (nSPS) is 19.7. The minimum atomic E-state index is -4.60. The number of aromatic nitrogens is 2. The number of hydrogen-bond acceptors (Lipinski definition) is 6.